The van der Waals surface area contributed by atoms with Gasteiger partial charge in [-0.3, -0.25) is 4.99 Å². The number of thioether (sulfide) groups is 1. The van der Waals surface area contributed by atoms with Gasteiger partial charge in [0.05, 0.1) is 6.54 Å². The summed E-state index contributed by atoms with van der Waals surface area (Å²) in [7, 11) is 1.81. The standard InChI is InChI=1S/C16H25N3OS.HI/c1-13(20-15-8-4-3-5-9-15)11-18-16(17-2)19-14-7-6-10-21-12-14;/h3-5,8-9,13-14H,6-7,10-12H2,1-2H3,(H2,17,18,19);1H. The van der Waals surface area contributed by atoms with Crippen molar-refractivity contribution in [3.05, 3.63) is 30.3 Å². The molecule has 1 aliphatic heterocycles. The summed E-state index contributed by atoms with van der Waals surface area (Å²) >= 11 is 2.01. The van der Waals surface area contributed by atoms with Gasteiger partial charge in [-0.05, 0) is 37.7 Å². The van der Waals surface area contributed by atoms with Gasteiger partial charge >= 0.3 is 0 Å². The molecule has 6 heteroatoms. The first-order valence-electron chi connectivity index (χ1n) is 7.54. The van der Waals surface area contributed by atoms with Gasteiger partial charge in [-0.25, -0.2) is 0 Å². The van der Waals surface area contributed by atoms with E-state index < -0.39 is 0 Å². The summed E-state index contributed by atoms with van der Waals surface area (Å²) in [6.45, 7) is 2.79. The number of rotatable bonds is 5. The summed E-state index contributed by atoms with van der Waals surface area (Å²) in [5.74, 6) is 4.22. The number of nitrogens with zero attached hydrogens (tertiary/aromatic N) is 1. The second kappa shape index (κ2) is 11.0. The fourth-order valence-corrected chi connectivity index (χ4v) is 3.33. The number of hydrogen-bond donors (Lipinski definition) is 2. The number of aliphatic imine (C=N–C) groups is 1. The summed E-state index contributed by atoms with van der Waals surface area (Å²) in [4.78, 5) is 4.29. The zero-order chi connectivity index (χ0) is 14.9. The van der Waals surface area contributed by atoms with Crippen LogP contribution in [0.25, 0.3) is 0 Å². The average Bonchev–Trinajstić information content (AvgIpc) is 2.53. The van der Waals surface area contributed by atoms with Gasteiger partial charge < -0.3 is 15.4 Å². The molecule has 0 aromatic heterocycles. The Morgan fingerprint density at radius 2 is 2.18 bits per heavy atom. The Morgan fingerprint density at radius 3 is 2.82 bits per heavy atom. The third kappa shape index (κ3) is 7.09. The highest BCUT2D eigenvalue weighted by molar-refractivity contribution is 14.0. The van der Waals surface area contributed by atoms with Gasteiger partial charge in [-0.15, -0.1) is 24.0 Å². The van der Waals surface area contributed by atoms with Crippen LogP contribution in [-0.4, -0.2) is 43.2 Å². The van der Waals surface area contributed by atoms with Gasteiger partial charge in [0.1, 0.15) is 11.9 Å². The van der Waals surface area contributed by atoms with Crippen LogP contribution in [0, 0.1) is 0 Å². The SMILES string of the molecule is CN=C(NCC(C)Oc1ccccc1)NC1CCCSC1.I. The molecule has 2 N–H and O–H groups in total. The van der Waals surface area contributed by atoms with E-state index >= 15 is 0 Å². The number of nitrogens with one attached hydrogen (secondary N) is 2. The Kier molecular flexibility index (Phi) is 9.70. The van der Waals surface area contributed by atoms with Crippen LogP contribution in [-0.2, 0) is 0 Å². The van der Waals surface area contributed by atoms with Crippen LogP contribution in [0.15, 0.2) is 35.3 Å². The van der Waals surface area contributed by atoms with Gasteiger partial charge in [-0.2, -0.15) is 11.8 Å². The molecule has 1 saturated heterocycles. The fourth-order valence-electron chi connectivity index (χ4n) is 2.26. The van der Waals surface area contributed by atoms with Crippen molar-refractivity contribution < 1.29 is 4.74 Å². The average molecular weight is 435 g/mol. The van der Waals surface area contributed by atoms with Crippen molar-refractivity contribution in [2.75, 3.05) is 25.1 Å². The highest BCUT2D eigenvalue weighted by Crippen LogP contribution is 2.16. The lowest BCUT2D eigenvalue weighted by Crippen LogP contribution is -2.47. The zero-order valence-corrected chi connectivity index (χ0v) is 16.4. The molecule has 0 amide bonds. The van der Waals surface area contributed by atoms with Gasteiger partial charge in [0.15, 0.2) is 5.96 Å². The Labute approximate surface area is 154 Å². The first-order valence-corrected chi connectivity index (χ1v) is 8.70. The molecular weight excluding hydrogens is 409 g/mol. The van der Waals surface area contributed by atoms with Crippen molar-refractivity contribution in [3.63, 3.8) is 0 Å². The highest BCUT2D eigenvalue weighted by Gasteiger charge is 2.15. The molecule has 1 heterocycles. The maximum absolute atomic E-state index is 5.85. The quantitative estimate of drug-likeness (QED) is 0.424. The molecule has 22 heavy (non-hydrogen) atoms. The zero-order valence-electron chi connectivity index (χ0n) is 13.2. The smallest absolute Gasteiger partial charge is 0.191 e. The van der Waals surface area contributed by atoms with E-state index in [1.165, 1.54) is 18.6 Å². The normalized spacial score (nSPS) is 19.7. The highest BCUT2D eigenvalue weighted by atomic mass is 127. The number of ether oxygens (including phenoxy) is 1. The Morgan fingerprint density at radius 1 is 1.41 bits per heavy atom. The first-order chi connectivity index (χ1) is 10.3. The van der Waals surface area contributed by atoms with Crippen LogP contribution in [0.1, 0.15) is 19.8 Å². The molecule has 124 valence electrons. The van der Waals surface area contributed by atoms with E-state index in [9.17, 15) is 0 Å². The monoisotopic (exact) mass is 435 g/mol. The molecule has 0 bridgehead atoms. The number of para-hydroxylation sites is 1. The van der Waals surface area contributed by atoms with Crippen LogP contribution >= 0.6 is 35.7 Å². The third-order valence-electron chi connectivity index (χ3n) is 3.36. The van der Waals surface area contributed by atoms with Crippen LogP contribution in [0.3, 0.4) is 0 Å². The van der Waals surface area contributed by atoms with Crippen LogP contribution < -0.4 is 15.4 Å². The maximum atomic E-state index is 5.85. The van der Waals surface area contributed by atoms with E-state index in [1.54, 1.807) is 0 Å². The van der Waals surface area contributed by atoms with Gasteiger partial charge in [0.25, 0.3) is 0 Å². The summed E-state index contributed by atoms with van der Waals surface area (Å²) in [6.07, 6.45) is 2.60. The molecule has 4 nitrogen and oxygen atoms in total. The second-order valence-corrected chi connectivity index (χ2v) is 6.40. The minimum absolute atomic E-state index is 0. The number of benzene rings is 1. The third-order valence-corrected chi connectivity index (χ3v) is 4.58. The van der Waals surface area contributed by atoms with Crippen molar-refractivity contribution in [1.29, 1.82) is 0 Å². The summed E-state index contributed by atoms with van der Waals surface area (Å²) < 4.78 is 5.85. The summed E-state index contributed by atoms with van der Waals surface area (Å²) in [6, 6.07) is 10.4. The minimum atomic E-state index is 0. The predicted octanol–water partition coefficient (Wildman–Crippen LogP) is 3.13. The van der Waals surface area contributed by atoms with E-state index in [0.717, 1.165) is 24.0 Å². The number of guanidine groups is 1. The van der Waals surface area contributed by atoms with E-state index in [1.807, 2.05) is 49.1 Å². The molecule has 1 aromatic rings. The largest absolute Gasteiger partial charge is 0.489 e. The van der Waals surface area contributed by atoms with Crippen molar-refractivity contribution >= 4 is 41.7 Å². The van der Waals surface area contributed by atoms with E-state index in [0.29, 0.717) is 6.04 Å². The molecule has 0 radical (unpaired) electrons. The number of halogens is 1. The van der Waals surface area contributed by atoms with Crippen LogP contribution in [0.4, 0.5) is 0 Å². The molecule has 0 saturated carbocycles. The van der Waals surface area contributed by atoms with E-state index in [4.69, 9.17) is 4.74 Å². The predicted molar refractivity (Wildman–Crippen MR) is 107 cm³/mol. The molecule has 0 aliphatic carbocycles. The number of hydrogen-bond acceptors (Lipinski definition) is 3. The van der Waals surface area contributed by atoms with Crippen LogP contribution in [0.5, 0.6) is 5.75 Å². The first kappa shape index (κ1) is 19.4. The lowest BCUT2D eigenvalue weighted by Gasteiger charge is -2.25. The van der Waals surface area contributed by atoms with Crippen molar-refractivity contribution in [2.45, 2.75) is 31.9 Å². The Balaban J connectivity index is 0.00000242. The molecule has 1 aromatic carbocycles. The van der Waals surface area contributed by atoms with Crippen molar-refractivity contribution in [1.82, 2.24) is 10.6 Å². The molecule has 2 unspecified atom stereocenters. The molecule has 2 atom stereocenters. The van der Waals surface area contributed by atoms with Gasteiger partial charge in [0, 0.05) is 18.8 Å². The topological polar surface area (TPSA) is 45.7 Å². The Hall–Kier alpha value is -0.630. The van der Waals surface area contributed by atoms with Crippen molar-refractivity contribution in [2.24, 2.45) is 4.99 Å². The molecule has 0 spiro atoms. The second-order valence-electron chi connectivity index (χ2n) is 5.25. The van der Waals surface area contributed by atoms with Crippen LogP contribution in [0.2, 0.25) is 0 Å². The minimum Gasteiger partial charge on any atom is -0.489 e. The van der Waals surface area contributed by atoms with Crippen molar-refractivity contribution in [3.8, 4) is 5.75 Å². The summed E-state index contributed by atoms with van der Waals surface area (Å²) in [5, 5.41) is 6.83. The lowest BCUT2D eigenvalue weighted by molar-refractivity contribution is 0.223. The lowest BCUT2D eigenvalue weighted by atomic mass is 10.2. The van der Waals surface area contributed by atoms with Gasteiger partial charge in [0.2, 0.25) is 0 Å². The van der Waals surface area contributed by atoms with Gasteiger partial charge in [-0.1, -0.05) is 18.2 Å². The Bertz CT molecular complexity index is 438. The van der Waals surface area contributed by atoms with E-state index in [-0.39, 0.29) is 30.1 Å². The summed E-state index contributed by atoms with van der Waals surface area (Å²) in [5.41, 5.74) is 0. The molecular formula is C16H26IN3OS. The molecule has 1 aliphatic rings. The van der Waals surface area contributed by atoms with E-state index in [2.05, 4.69) is 22.5 Å². The molecule has 2 rings (SSSR count). The molecule has 1 fully saturated rings. The fraction of sp³-hybridized carbons (Fsp3) is 0.562. The maximum Gasteiger partial charge on any atom is 0.191 e.